The first-order valence-corrected chi connectivity index (χ1v) is 11.7. The molecule has 0 saturated heterocycles. The van der Waals surface area contributed by atoms with Gasteiger partial charge in [-0.05, 0) is 32.1 Å². The number of hydrogen-bond acceptors (Lipinski definition) is 5. The fraction of sp³-hybridized carbons (Fsp3) is 0.833. The zero-order valence-electron chi connectivity index (χ0n) is 18.8. The molecule has 0 radical (unpaired) electrons. The summed E-state index contributed by atoms with van der Waals surface area (Å²) in [4.78, 5) is 23.5. The van der Waals surface area contributed by atoms with Gasteiger partial charge in [-0.3, -0.25) is 9.59 Å². The topological polar surface area (TPSA) is 72.8 Å². The highest BCUT2D eigenvalue weighted by Gasteiger charge is 2.15. The first-order valence-electron chi connectivity index (χ1n) is 11.7. The van der Waals surface area contributed by atoms with Crippen molar-refractivity contribution in [2.24, 2.45) is 0 Å². The van der Waals surface area contributed by atoms with Gasteiger partial charge in [0.2, 0.25) is 0 Å². The number of carbonyl (C=O) groups is 2. The smallest absolute Gasteiger partial charge is 0.306 e. The molecule has 1 atom stereocenters. The number of hydrogen-bond donors (Lipinski definition) is 1. The Morgan fingerprint density at radius 2 is 1.38 bits per heavy atom. The molecule has 0 aromatic carbocycles. The van der Waals surface area contributed by atoms with Gasteiger partial charge < -0.3 is 14.6 Å². The molecule has 0 aliphatic rings. The Hall–Kier alpha value is -1.36. The van der Waals surface area contributed by atoms with Crippen molar-refractivity contribution in [1.29, 1.82) is 0 Å². The summed E-state index contributed by atoms with van der Waals surface area (Å²) >= 11 is 0. The summed E-state index contributed by atoms with van der Waals surface area (Å²) in [6.45, 7) is 3.87. The maximum Gasteiger partial charge on any atom is 0.306 e. The molecule has 0 aromatic rings. The number of unbranched alkanes of at least 4 members (excludes halogenated alkanes) is 10. The number of aliphatic hydroxyl groups excluding tert-OH is 1. The third-order valence-corrected chi connectivity index (χ3v) is 4.82. The monoisotopic (exact) mass is 412 g/mol. The van der Waals surface area contributed by atoms with Crippen LogP contribution < -0.4 is 0 Å². The van der Waals surface area contributed by atoms with Crippen LogP contribution in [-0.2, 0) is 19.1 Å². The van der Waals surface area contributed by atoms with Crippen LogP contribution in [0.2, 0.25) is 0 Å². The molecule has 0 saturated carbocycles. The third kappa shape index (κ3) is 19.7. The zero-order valence-corrected chi connectivity index (χ0v) is 18.8. The lowest BCUT2D eigenvalue weighted by Crippen LogP contribution is -2.28. The number of allylic oxidation sites excluding steroid dienone is 2. The molecule has 0 unspecified atom stereocenters. The molecule has 0 bridgehead atoms. The summed E-state index contributed by atoms with van der Waals surface area (Å²) < 4.78 is 10.3. The molecule has 1 N–H and O–H groups in total. The first-order chi connectivity index (χ1) is 14.1. The molecule has 0 amide bonds. The largest absolute Gasteiger partial charge is 0.462 e. The van der Waals surface area contributed by atoms with Gasteiger partial charge in [-0.25, -0.2) is 0 Å². The van der Waals surface area contributed by atoms with E-state index in [-0.39, 0.29) is 25.2 Å². The van der Waals surface area contributed by atoms with Gasteiger partial charge in [0.1, 0.15) is 6.61 Å². The third-order valence-electron chi connectivity index (χ3n) is 4.82. The molecule has 0 aliphatic carbocycles. The van der Waals surface area contributed by atoms with E-state index in [9.17, 15) is 14.7 Å². The van der Waals surface area contributed by atoms with Crippen LogP contribution >= 0.6 is 0 Å². The van der Waals surface area contributed by atoms with E-state index in [4.69, 9.17) is 9.47 Å². The van der Waals surface area contributed by atoms with E-state index in [1.54, 1.807) is 0 Å². The van der Waals surface area contributed by atoms with Gasteiger partial charge >= 0.3 is 11.9 Å². The SMILES string of the molecule is CC/C=C\CCCCCCCCCC(=O)O[C@@H](CO)COC(=O)CCCCCC. The second-order valence-electron chi connectivity index (χ2n) is 7.68. The van der Waals surface area contributed by atoms with E-state index in [2.05, 4.69) is 26.0 Å². The van der Waals surface area contributed by atoms with E-state index < -0.39 is 6.10 Å². The van der Waals surface area contributed by atoms with Crippen LogP contribution in [0.4, 0.5) is 0 Å². The molecule has 29 heavy (non-hydrogen) atoms. The van der Waals surface area contributed by atoms with Gasteiger partial charge in [-0.1, -0.05) is 77.4 Å². The minimum Gasteiger partial charge on any atom is -0.462 e. The van der Waals surface area contributed by atoms with E-state index >= 15 is 0 Å². The fourth-order valence-corrected chi connectivity index (χ4v) is 3.02. The minimum atomic E-state index is -0.760. The highest BCUT2D eigenvalue weighted by Crippen LogP contribution is 2.11. The fourth-order valence-electron chi connectivity index (χ4n) is 3.02. The maximum absolute atomic E-state index is 11.9. The van der Waals surface area contributed by atoms with Crippen molar-refractivity contribution in [1.82, 2.24) is 0 Å². The Labute approximate surface area is 178 Å². The number of aliphatic hydroxyl groups is 1. The second-order valence-corrected chi connectivity index (χ2v) is 7.68. The van der Waals surface area contributed by atoms with E-state index in [1.165, 1.54) is 32.1 Å². The molecule has 5 heteroatoms. The quantitative estimate of drug-likeness (QED) is 0.153. The summed E-state index contributed by atoms with van der Waals surface area (Å²) in [6, 6.07) is 0. The average molecular weight is 413 g/mol. The number of carbonyl (C=O) groups excluding carboxylic acids is 2. The molecule has 170 valence electrons. The van der Waals surface area contributed by atoms with Gasteiger partial charge in [-0.2, -0.15) is 0 Å². The lowest BCUT2D eigenvalue weighted by Gasteiger charge is -2.15. The highest BCUT2D eigenvalue weighted by atomic mass is 16.6. The predicted molar refractivity (Wildman–Crippen MR) is 118 cm³/mol. The summed E-state index contributed by atoms with van der Waals surface area (Å²) in [5.41, 5.74) is 0. The lowest BCUT2D eigenvalue weighted by molar-refractivity contribution is -0.161. The number of rotatable bonds is 20. The molecule has 0 spiro atoms. The summed E-state index contributed by atoms with van der Waals surface area (Å²) in [7, 11) is 0. The van der Waals surface area contributed by atoms with Crippen LogP contribution in [0, 0.1) is 0 Å². The Morgan fingerprint density at radius 3 is 2.00 bits per heavy atom. The van der Waals surface area contributed by atoms with Crippen molar-refractivity contribution in [3.8, 4) is 0 Å². The molecule has 0 aromatic heterocycles. The molecule has 0 rings (SSSR count). The van der Waals surface area contributed by atoms with Gasteiger partial charge in [0.25, 0.3) is 0 Å². The first kappa shape index (κ1) is 27.6. The Bertz CT molecular complexity index is 419. The molecular weight excluding hydrogens is 368 g/mol. The van der Waals surface area contributed by atoms with Gasteiger partial charge in [-0.15, -0.1) is 0 Å². The summed E-state index contributed by atoms with van der Waals surface area (Å²) in [5, 5.41) is 9.32. The molecular formula is C24H44O5. The molecule has 0 fully saturated rings. The summed E-state index contributed by atoms with van der Waals surface area (Å²) in [6.07, 6.45) is 18.7. The predicted octanol–water partition coefficient (Wildman–Crippen LogP) is 5.88. The lowest BCUT2D eigenvalue weighted by atomic mass is 10.1. The number of esters is 2. The Balaban J connectivity index is 3.62. The number of ether oxygens (including phenoxy) is 2. The van der Waals surface area contributed by atoms with Crippen molar-refractivity contribution < 1.29 is 24.2 Å². The van der Waals surface area contributed by atoms with Crippen LogP contribution in [0.5, 0.6) is 0 Å². The van der Waals surface area contributed by atoms with Crippen LogP contribution in [-0.4, -0.2) is 36.4 Å². The van der Waals surface area contributed by atoms with Crippen molar-refractivity contribution in [3.05, 3.63) is 12.2 Å². The maximum atomic E-state index is 11.9. The van der Waals surface area contributed by atoms with Crippen LogP contribution in [0.25, 0.3) is 0 Å². The van der Waals surface area contributed by atoms with E-state index in [0.29, 0.717) is 12.8 Å². The van der Waals surface area contributed by atoms with Gasteiger partial charge in [0.05, 0.1) is 6.61 Å². The standard InChI is InChI=1S/C24H44O5/c1-3-5-7-9-10-11-12-13-14-15-17-19-24(27)29-22(20-25)21-28-23(26)18-16-8-6-4-2/h5,7,22,25H,3-4,6,8-21H2,1-2H3/b7-5-/t22-/m0/s1. The molecule has 0 heterocycles. The van der Waals surface area contributed by atoms with Crippen molar-refractivity contribution >= 4 is 11.9 Å². The van der Waals surface area contributed by atoms with E-state index in [0.717, 1.165) is 51.4 Å². The van der Waals surface area contributed by atoms with Crippen LogP contribution in [0.15, 0.2) is 12.2 Å². The molecule has 5 nitrogen and oxygen atoms in total. The Morgan fingerprint density at radius 1 is 0.793 bits per heavy atom. The van der Waals surface area contributed by atoms with Crippen LogP contribution in [0.1, 0.15) is 110 Å². The Kier molecular flexibility index (Phi) is 20.3. The minimum absolute atomic E-state index is 0.0672. The summed E-state index contributed by atoms with van der Waals surface area (Å²) in [5.74, 6) is -0.622. The van der Waals surface area contributed by atoms with Gasteiger partial charge in [0.15, 0.2) is 6.10 Å². The zero-order chi connectivity index (χ0) is 21.6. The normalized spacial score (nSPS) is 12.2. The van der Waals surface area contributed by atoms with Gasteiger partial charge in [0, 0.05) is 12.8 Å². The molecule has 0 aliphatic heterocycles. The average Bonchev–Trinajstić information content (AvgIpc) is 2.72. The van der Waals surface area contributed by atoms with E-state index in [1.807, 2.05) is 0 Å². The van der Waals surface area contributed by atoms with Crippen molar-refractivity contribution in [2.75, 3.05) is 13.2 Å². The van der Waals surface area contributed by atoms with Crippen LogP contribution in [0.3, 0.4) is 0 Å². The highest BCUT2D eigenvalue weighted by molar-refractivity contribution is 5.70. The van der Waals surface area contributed by atoms with Crippen molar-refractivity contribution in [3.63, 3.8) is 0 Å². The second kappa shape index (κ2) is 21.4. The van der Waals surface area contributed by atoms with Crippen molar-refractivity contribution in [2.45, 2.75) is 116 Å².